The van der Waals surface area contributed by atoms with E-state index in [0.717, 1.165) is 31.2 Å². The molecular formula is C27H22Br2N2O. The van der Waals surface area contributed by atoms with Gasteiger partial charge in [-0.2, -0.15) is 5.10 Å². The topological polar surface area (TPSA) is 41.5 Å². The van der Waals surface area contributed by atoms with Crippen LogP contribution in [0.25, 0.3) is 10.8 Å². The highest BCUT2D eigenvalue weighted by Crippen LogP contribution is 2.26. The van der Waals surface area contributed by atoms with E-state index in [-0.39, 0.29) is 11.8 Å². The number of amides is 1. The third-order valence-electron chi connectivity index (χ3n) is 5.46. The molecular weight excluding hydrogens is 528 g/mol. The number of benzene rings is 4. The lowest BCUT2D eigenvalue weighted by atomic mass is 9.90. The van der Waals surface area contributed by atoms with Gasteiger partial charge in [0.15, 0.2) is 0 Å². The maximum absolute atomic E-state index is 13.1. The van der Waals surface area contributed by atoms with Gasteiger partial charge in [-0.1, -0.05) is 105 Å². The summed E-state index contributed by atoms with van der Waals surface area (Å²) in [5.41, 5.74) is 6.83. The van der Waals surface area contributed by atoms with Crippen molar-refractivity contribution in [2.45, 2.75) is 19.3 Å². The van der Waals surface area contributed by atoms with Crippen LogP contribution >= 0.6 is 31.9 Å². The Bertz CT molecular complexity index is 1260. The van der Waals surface area contributed by atoms with E-state index in [0.29, 0.717) is 6.42 Å². The molecule has 0 fully saturated rings. The molecule has 5 heteroatoms. The van der Waals surface area contributed by atoms with Gasteiger partial charge in [-0.3, -0.25) is 4.79 Å². The molecule has 32 heavy (non-hydrogen) atoms. The first-order valence-corrected chi connectivity index (χ1v) is 11.9. The van der Waals surface area contributed by atoms with Crippen molar-refractivity contribution in [2.75, 3.05) is 0 Å². The van der Waals surface area contributed by atoms with Crippen LogP contribution in [0.1, 0.15) is 28.2 Å². The van der Waals surface area contributed by atoms with Crippen LogP contribution in [0, 0.1) is 6.92 Å². The normalized spacial score (nSPS) is 12.2. The Labute approximate surface area is 204 Å². The number of rotatable bonds is 6. The Hall–Kier alpha value is -2.76. The number of hydrazone groups is 1. The quantitative estimate of drug-likeness (QED) is 0.201. The molecule has 0 aliphatic heterocycles. The molecule has 0 saturated heterocycles. The van der Waals surface area contributed by atoms with Crippen LogP contribution < -0.4 is 5.43 Å². The molecule has 0 spiro atoms. The van der Waals surface area contributed by atoms with Crippen LogP contribution in [0.5, 0.6) is 0 Å². The zero-order valence-corrected chi connectivity index (χ0v) is 20.7. The molecule has 0 aliphatic carbocycles. The van der Waals surface area contributed by atoms with E-state index in [9.17, 15) is 4.79 Å². The Morgan fingerprint density at radius 2 is 1.56 bits per heavy atom. The average molecular weight is 550 g/mol. The third kappa shape index (κ3) is 5.34. The predicted octanol–water partition coefficient (Wildman–Crippen LogP) is 7.15. The van der Waals surface area contributed by atoms with Gasteiger partial charge < -0.3 is 0 Å². The molecule has 0 aromatic heterocycles. The maximum Gasteiger partial charge on any atom is 0.247 e. The number of halogens is 2. The molecule has 1 atom stereocenters. The fourth-order valence-electron chi connectivity index (χ4n) is 3.64. The minimum atomic E-state index is -0.342. The predicted molar refractivity (Wildman–Crippen MR) is 139 cm³/mol. The van der Waals surface area contributed by atoms with E-state index in [1.807, 2.05) is 61.5 Å². The van der Waals surface area contributed by atoms with Gasteiger partial charge in [0.25, 0.3) is 0 Å². The van der Waals surface area contributed by atoms with Crippen LogP contribution in [0.3, 0.4) is 0 Å². The first kappa shape index (κ1) is 22.4. The largest absolute Gasteiger partial charge is 0.272 e. The van der Waals surface area contributed by atoms with E-state index >= 15 is 0 Å². The molecule has 0 bridgehead atoms. The first-order valence-electron chi connectivity index (χ1n) is 10.3. The van der Waals surface area contributed by atoms with Crippen LogP contribution in [-0.2, 0) is 11.2 Å². The van der Waals surface area contributed by atoms with Crippen LogP contribution in [0.2, 0.25) is 0 Å². The van der Waals surface area contributed by atoms with Crippen molar-refractivity contribution in [1.82, 2.24) is 5.43 Å². The van der Waals surface area contributed by atoms with Gasteiger partial charge in [-0.15, -0.1) is 0 Å². The minimum absolute atomic E-state index is 0.133. The molecule has 4 aromatic rings. The monoisotopic (exact) mass is 548 g/mol. The number of nitrogens with one attached hydrogen (secondary N) is 1. The molecule has 1 unspecified atom stereocenters. The Morgan fingerprint density at radius 1 is 0.906 bits per heavy atom. The Balaban J connectivity index is 1.55. The third-order valence-corrected chi connectivity index (χ3v) is 7.11. The highest BCUT2D eigenvalue weighted by atomic mass is 79.9. The van der Waals surface area contributed by atoms with Gasteiger partial charge in [0.2, 0.25) is 5.91 Å². The van der Waals surface area contributed by atoms with Gasteiger partial charge in [0.1, 0.15) is 0 Å². The van der Waals surface area contributed by atoms with Crippen LogP contribution in [-0.4, -0.2) is 12.1 Å². The highest BCUT2D eigenvalue weighted by molar-refractivity contribution is 9.11. The molecule has 1 amide bonds. The Kier molecular flexibility index (Phi) is 7.18. The summed E-state index contributed by atoms with van der Waals surface area (Å²) in [6.07, 6.45) is 2.25. The van der Waals surface area contributed by atoms with E-state index in [1.165, 1.54) is 10.8 Å². The number of hydrogen-bond acceptors (Lipinski definition) is 2. The van der Waals surface area contributed by atoms with E-state index in [4.69, 9.17) is 0 Å². The molecule has 1 N–H and O–H groups in total. The fourth-order valence-corrected chi connectivity index (χ4v) is 4.86. The van der Waals surface area contributed by atoms with Crippen LogP contribution in [0.4, 0.5) is 0 Å². The molecule has 160 valence electrons. The summed E-state index contributed by atoms with van der Waals surface area (Å²) in [6.45, 7) is 2.02. The van der Waals surface area contributed by atoms with E-state index in [2.05, 4.69) is 72.7 Å². The van der Waals surface area contributed by atoms with Crippen molar-refractivity contribution < 1.29 is 4.79 Å². The number of fused-ring (bicyclic) bond motifs is 1. The summed E-state index contributed by atoms with van der Waals surface area (Å²) in [5.74, 6) is -0.475. The van der Waals surface area contributed by atoms with E-state index < -0.39 is 0 Å². The summed E-state index contributed by atoms with van der Waals surface area (Å²) >= 11 is 7.09. The number of hydrogen-bond donors (Lipinski definition) is 1. The molecule has 0 aliphatic rings. The number of nitrogens with zero attached hydrogens (tertiary/aromatic N) is 1. The van der Waals surface area contributed by atoms with Crippen molar-refractivity contribution in [1.29, 1.82) is 0 Å². The van der Waals surface area contributed by atoms with Gasteiger partial charge in [-0.05, 0) is 58.5 Å². The molecule has 4 aromatic carbocycles. The maximum atomic E-state index is 13.1. The standard InChI is InChI=1S/C27H22Br2N2O/c1-18-25(28)15-20(16-26(18)29)17-30-31-27(32)24(22-8-3-2-4-9-22)14-19-11-12-21-7-5-6-10-23(21)13-19/h2-13,15-17,24H,14H2,1H3,(H,31,32)/b30-17+. The van der Waals surface area contributed by atoms with Crippen molar-refractivity contribution in [3.63, 3.8) is 0 Å². The second kappa shape index (κ2) is 10.2. The highest BCUT2D eigenvalue weighted by Gasteiger charge is 2.21. The lowest BCUT2D eigenvalue weighted by Gasteiger charge is -2.16. The van der Waals surface area contributed by atoms with Gasteiger partial charge in [-0.25, -0.2) is 5.43 Å². The zero-order chi connectivity index (χ0) is 22.5. The summed E-state index contributed by atoms with van der Waals surface area (Å²) in [6, 6.07) is 28.4. The number of carbonyl (C=O) groups excluding carboxylic acids is 1. The van der Waals surface area contributed by atoms with Crippen molar-refractivity contribution in [3.05, 3.63) is 116 Å². The summed E-state index contributed by atoms with van der Waals surface area (Å²) in [4.78, 5) is 13.1. The molecule has 3 nitrogen and oxygen atoms in total. The van der Waals surface area contributed by atoms with E-state index in [1.54, 1.807) is 6.21 Å². The summed E-state index contributed by atoms with van der Waals surface area (Å²) < 4.78 is 1.97. The summed E-state index contributed by atoms with van der Waals surface area (Å²) in [5, 5.41) is 6.59. The van der Waals surface area contributed by atoms with Gasteiger partial charge >= 0.3 is 0 Å². The van der Waals surface area contributed by atoms with Crippen molar-refractivity contribution in [2.24, 2.45) is 5.10 Å². The smallest absolute Gasteiger partial charge is 0.247 e. The zero-order valence-electron chi connectivity index (χ0n) is 17.6. The molecule has 0 heterocycles. The summed E-state index contributed by atoms with van der Waals surface area (Å²) in [7, 11) is 0. The lowest BCUT2D eigenvalue weighted by Crippen LogP contribution is -2.27. The lowest BCUT2D eigenvalue weighted by molar-refractivity contribution is -0.122. The first-order chi connectivity index (χ1) is 15.5. The second-order valence-corrected chi connectivity index (χ2v) is 9.40. The number of carbonyl (C=O) groups is 1. The second-order valence-electron chi connectivity index (χ2n) is 7.69. The average Bonchev–Trinajstić information content (AvgIpc) is 2.81. The molecule has 0 saturated carbocycles. The fraction of sp³-hybridized carbons (Fsp3) is 0.111. The SMILES string of the molecule is Cc1c(Br)cc(/C=N/NC(=O)C(Cc2ccc3ccccc3c2)c2ccccc2)cc1Br. The van der Waals surface area contributed by atoms with Crippen molar-refractivity contribution >= 4 is 54.8 Å². The molecule has 0 radical (unpaired) electrons. The Morgan fingerprint density at radius 3 is 2.28 bits per heavy atom. The molecule has 4 rings (SSSR count). The van der Waals surface area contributed by atoms with Crippen molar-refractivity contribution in [3.8, 4) is 0 Å². The van der Waals surface area contributed by atoms with Crippen LogP contribution in [0.15, 0.2) is 99.0 Å². The minimum Gasteiger partial charge on any atom is -0.272 e. The van der Waals surface area contributed by atoms with Gasteiger partial charge in [0, 0.05) is 8.95 Å². The van der Waals surface area contributed by atoms with Gasteiger partial charge in [0.05, 0.1) is 12.1 Å².